The average molecular weight is 1070 g/mol. The van der Waals surface area contributed by atoms with Crippen molar-refractivity contribution in [1.29, 1.82) is 0 Å². The monoisotopic (exact) mass is 1070 g/mol. The van der Waals surface area contributed by atoms with Crippen molar-refractivity contribution >= 4 is 74.9 Å². The van der Waals surface area contributed by atoms with E-state index in [0.717, 1.165) is 18.2 Å². The Balaban J connectivity index is 1.63. The number of carboxylic acids is 2. The van der Waals surface area contributed by atoms with Crippen molar-refractivity contribution in [2.45, 2.75) is 75.3 Å². The largest absolute Gasteiger partial charge is 0.480 e. The number of nitrogens with zero attached hydrogens (tertiary/aromatic N) is 7. The van der Waals surface area contributed by atoms with Gasteiger partial charge in [-0.2, -0.15) is 45.3 Å². The van der Waals surface area contributed by atoms with Crippen molar-refractivity contribution in [2.75, 3.05) is 29.9 Å². The first-order chi connectivity index (χ1) is 32.9. The van der Waals surface area contributed by atoms with Crippen LogP contribution in [0.2, 0.25) is 5.02 Å². The van der Waals surface area contributed by atoms with Crippen molar-refractivity contribution in [2.24, 2.45) is 0 Å². The van der Waals surface area contributed by atoms with Gasteiger partial charge in [0.2, 0.25) is 5.91 Å². The molecule has 3 aromatic heterocycles. The van der Waals surface area contributed by atoms with Crippen molar-refractivity contribution in [1.82, 2.24) is 34.8 Å². The number of urea groups is 1. The molecular weight excluding hydrogens is 1030 g/mol. The molecular formula is C43H37ClF10N8O7S2. The van der Waals surface area contributed by atoms with Crippen LogP contribution >= 0.6 is 23.5 Å². The second-order valence-corrected chi connectivity index (χ2v) is 19.4. The molecule has 28 heteroatoms. The number of rotatable bonds is 15. The molecule has 2 atom stereocenters. The summed E-state index contributed by atoms with van der Waals surface area (Å²) in [5, 5.41) is 28.0. The number of hydrogen-bond acceptors (Lipinski definition) is 9. The molecule has 2 aromatic carbocycles. The van der Waals surface area contributed by atoms with Gasteiger partial charge in [0.1, 0.15) is 53.9 Å². The summed E-state index contributed by atoms with van der Waals surface area (Å²) in [6, 6.07) is 3.86. The smallest absolute Gasteiger partial charge is 0.435 e. The van der Waals surface area contributed by atoms with E-state index in [4.69, 9.17) is 11.6 Å². The fourth-order valence-corrected chi connectivity index (χ4v) is 8.58. The summed E-state index contributed by atoms with van der Waals surface area (Å²) in [6.07, 6.45) is -10.1. The van der Waals surface area contributed by atoms with Gasteiger partial charge in [-0.15, -0.1) is 0 Å². The van der Waals surface area contributed by atoms with E-state index >= 15 is 8.78 Å². The number of fused-ring (bicyclic) bond motifs is 2. The molecule has 0 fully saturated rings. The second kappa shape index (κ2) is 20.4. The molecule has 0 bridgehead atoms. The van der Waals surface area contributed by atoms with Crippen LogP contribution in [0.3, 0.4) is 0 Å². The molecule has 380 valence electrons. The summed E-state index contributed by atoms with van der Waals surface area (Å²) in [5.41, 5.74) is -5.44. The van der Waals surface area contributed by atoms with Crippen LogP contribution in [-0.2, 0) is 63.2 Å². The third-order valence-electron chi connectivity index (χ3n) is 10.7. The summed E-state index contributed by atoms with van der Waals surface area (Å²) in [6.45, 7) is -2.54. The van der Waals surface area contributed by atoms with Gasteiger partial charge in [-0.25, -0.2) is 22.9 Å². The van der Waals surface area contributed by atoms with E-state index in [2.05, 4.69) is 32.3 Å². The molecule has 6 rings (SSSR count). The van der Waals surface area contributed by atoms with Gasteiger partial charge in [0.25, 0.3) is 5.92 Å². The van der Waals surface area contributed by atoms with Gasteiger partial charge in [-0.05, 0) is 80.5 Å². The molecule has 1 aliphatic rings. The molecule has 0 aliphatic heterocycles. The maximum atomic E-state index is 15.1. The van der Waals surface area contributed by atoms with Crippen LogP contribution < -0.4 is 9.62 Å². The molecule has 3 heterocycles. The number of amides is 3. The van der Waals surface area contributed by atoms with Crippen molar-refractivity contribution < 1.29 is 77.5 Å². The van der Waals surface area contributed by atoms with Gasteiger partial charge in [0.15, 0.2) is 11.5 Å². The van der Waals surface area contributed by atoms with E-state index in [1.807, 2.05) is 0 Å². The molecule has 3 N–H and O–H groups in total. The molecule has 0 radical (unpaired) electrons. The van der Waals surface area contributed by atoms with Gasteiger partial charge in [-0.3, -0.25) is 28.0 Å². The molecule has 0 saturated carbocycles. The molecule has 71 heavy (non-hydrogen) atoms. The van der Waals surface area contributed by atoms with Crippen LogP contribution in [-0.4, -0.2) is 104 Å². The molecule has 0 spiro atoms. The lowest BCUT2D eigenvalue weighted by molar-refractivity contribution is -0.143. The Labute approximate surface area is 407 Å². The number of aromatic nitrogens is 5. The number of alkyl halides is 8. The summed E-state index contributed by atoms with van der Waals surface area (Å²) in [5.74, 6) is -5.89. The molecule has 5 aromatic rings. The van der Waals surface area contributed by atoms with E-state index in [0.29, 0.717) is 31.9 Å². The minimum atomic E-state index is -5.21. The van der Waals surface area contributed by atoms with Crippen LogP contribution in [0.1, 0.15) is 60.2 Å². The van der Waals surface area contributed by atoms with E-state index in [-0.39, 0.29) is 37.8 Å². The summed E-state index contributed by atoms with van der Waals surface area (Å²) in [7, 11) is -1.58. The van der Waals surface area contributed by atoms with E-state index in [1.54, 1.807) is 0 Å². The zero-order chi connectivity index (χ0) is 52.7. The highest BCUT2D eigenvalue weighted by atomic mass is 35.5. The minimum Gasteiger partial charge on any atom is -0.480 e. The Bertz CT molecular complexity index is 3010. The molecule has 0 saturated heterocycles. The standard InChI is InChI=1S/C43H37ClF10N8O7S2/c1-40(2,71(4)69)11-9-24-5-6-25(26-7-8-28(44)33-35(26)61(20-42(49,50)51)58-38(33)62(70-3)39(68)59(18-31(64)65)19-32(66)67)34(55-24)29(15-21-13-22(45)16-23(46)14-21)56-30(63)17-60-37-27(10-12-41(37,47)48)36(57-60)43(52,53)54/h5-8,13-14,16,29H,10,12,15,17-20H2,1-4H3,(H,56,63)(H,64,65)(H,66,67). The Morgan fingerprint density at radius 1 is 0.958 bits per heavy atom. The number of hydrogen-bond donors (Lipinski definition) is 3. The van der Waals surface area contributed by atoms with Crippen LogP contribution in [0.15, 0.2) is 42.5 Å². The molecule has 2 unspecified atom stereocenters. The maximum absolute atomic E-state index is 15.1. The van der Waals surface area contributed by atoms with E-state index in [9.17, 15) is 68.7 Å². The predicted molar refractivity (Wildman–Crippen MR) is 238 cm³/mol. The molecule has 3 amide bonds. The Kier molecular flexibility index (Phi) is 15.5. The van der Waals surface area contributed by atoms with Crippen molar-refractivity contribution in [3.63, 3.8) is 0 Å². The zero-order valence-corrected chi connectivity index (χ0v) is 39.5. The second-order valence-electron chi connectivity index (χ2n) is 16.3. The third-order valence-corrected chi connectivity index (χ3v) is 13.3. The Morgan fingerprint density at radius 2 is 1.58 bits per heavy atom. The normalized spacial score (nSPS) is 14.4. The molecule has 1 aliphatic carbocycles. The van der Waals surface area contributed by atoms with E-state index < -0.39 is 154 Å². The Morgan fingerprint density at radius 3 is 2.14 bits per heavy atom. The quantitative estimate of drug-likeness (QED) is 0.0521. The van der Waals surface area contributed by atoms with Gasteiger partial charge in [0, 0.05) is 52.5 Å². The number of aliphatic carboxylic acids is 2. The van der Waals surface area contributed by atoms with Crippen molar-refractivity contribution in [3.8, 4) is 23.0 Å². The summed E-state index contributed by atoms with van der Waals surface area (Å²) < 4.78 is 158. The minimum absolute atomic E-state index is 0.169. The van der Waals surface area contributed by atoms with Gasteiger partial charge in [-0.1, -0.05) is 23.6 Å². The number of carbonyl (C=O) groups excluding carboxylic acids is 2. The first-order valence-corrected chi connectivity index (χ1v) is 23.5. The predicted octanol–water partition coefficient (Wildman–Crippen LogP) is 8.13. The van der Waals surface area contributed by atoms with Gasteiger partial charge < -0.3 is 20.4 Å². The van der Waals surface area contributed by atoms with Gasteiger partial charge in [0.05, 0.1) is 27.7 Å². The SMILES string of the molecule is CSN(C(=O)N(CC(=O)O)CC(=O)O)c1nn(CC(F)(F)F)c2c(-c3ccc(C#CC(C)(C)S(C)=O)nc3C(Cc3cc(F)cc(F)c3)NC(=O)Cn3nc(C(F)(F)F)c4c3C(F)(F)CC4)ccc(Cl)c12. The van der Waals surface area contributed by atoms with E-state index in [1.165, 1.54) is 44.6 Å². The number of carbonyl (C=O) groups is 4. The average Bonchev–Trinajstić information content (AvgIpc) is 3.90. The number of carboxylic acid groups (broad SMARTS) is 2. The highest BCUT2D eigenvalue weighted by Crippen LogP contribution is 2.47. The third kappa shape index (κ3) is 12.2. The fourth-order valence-electron chi connectivity index (χ4n) is 7.58. The molecule has 15 nitrogen and oxygen atoms in total. The lowest BCUT2D eigenvalue weighted by Crippen LogP contribution is -2.45. The number of benzene rings is 2. The zero-order valence-electron chi connectivity index (χ0n) is 37.1. The van der Waals surface area contributed by atoms with Crippen LogP contribution in [0.25, 0.3) is 22.0 Å². The fraction of sp³-hybridized carbons (Fsp3) is 0.372. The highest BCUT2D eigenvalue weighted by Gasteiger charge is 2.50. The van der Waals surface area contributed by atoms with Crippen molar-refractivity contribution in [3.05, 3.63) is 93.0 Å². The Hall–Kier alpha value is -6.40. The maximum Gasteiger partial charge on any atom is 0.435 e. The summed E-state index contributed by atoms with van der Waals surface area (Å²) in [4.78, 5) is 56.2. The van der Waals surface area contributed by atoms with Crippen LogP contribution in [0, 0.1) is 23.5 Å². The van der Waals surface area contributed by atoms with Gasteiger partial charge >= 0.3 is 30.3 Å². The first-order valence-electron chi connectivity index (χ1n) is 20.4. The lowest BCUT2D eigenvalue weighted by atomic mass is 9.93. The summed E-state index contributed by atoms with van der Waals surface area (Å²) >= 11 is 7.14. The highest BCUT2D eigenvalue weighted by molar-refractivity contribution is 8.00. The van der Waals surface area contributed by atoms with Crippen LogP contribution in [0.4, 0.5) is 54.5 Å². The number of halogens is 11. The number of nitrogens with one attached hydrogen (secondary N) is 1. The topological polar surface area (TPSA) is 193 Å². The number of anilines is 1. The number of pyridine rings is 1. The lowest BCUT2D eigenvalue weighted by Gasteiger charge is -2.25. The van der Waals surface area contributed by atoms with Crippen LogP contribution in [0.5, 0.6) is 0 Å². The first kappa shape index (κ1) is 53.9.